The second kappa shape index (κ2) is 12.4. The molecule has 0 aromatic rings. The van der Waals surface area contributed by atoms with Crippen molar-refractivity contribution in [3.8, 4) is 0 Å². The molecule has 4 nitrogen and oxygen atoms in total. The standard InChI is InChI=1S/C17H35NO3/c1-3-5-6-15(4-2)12-21-14-17(19)11-18-9-7-16-8-10-20-13-16/h15-19H,3-14H2,1-2H3. The summed E-state index contributed by atoms with van der Waals surface area (Å²) in [6.07, 6.45) is 6.86. The van der Waals surface area contributed by atoms with Gasteiger partial charge in [0.2, 0.25) is 0 Å². The van der Waals surface area contributed by atoms with Gasteiger partial charge in [-0.25, -0.2) is 0 Å². The Morgan fingerprint density at radius 1 is 1.33 bits per heavy atom. The lowest BCUT2D eigenvalue weighted by atomic mass is 10.0. The van der Waals surface area contributed by atoms with E-state index < -0.39 is 6.10 Å². The smallest absolute Gasteiger partial charge is 0.0897 e. The Balaban J connectivity index is 1.93. The predicted molar refractivity (Wildman–Crippen MR) is 86.5 cm³/mol. The summed E-state index contributed by atoms with van der Waals surface area (Å²) in [5.41, 5.74) is 0. The fourth-order valence-corrected chi connectivity index (χ4v) is 2.71. The van der Waals surface area contributed by atoms with Crippen LogP contribution in [0.3, 0.4) is 0 Å². The highest BCUT2D eigenvalue weighted by Gasteiger charge is 2.15. The van der Waals surface area contributed by atoms with Gasteiger partial charge in [0.05, 0.1) is 12.7 Å². The molecule has 0 radical (unpaired) electrons. The lowest BCUT2D eigenvalue weighted by Crippen LogP contribution is -2.32. The van der Waals surface area contributed by atoms with Crippen molar-refractivity contribution >= 4 is 0 Å². The van der Waals surface area contributed by atoms with Crippen LogP contribution < -0.4 is 5.32 Å². The zero-order valence-electron chi connectivity index (χ0n) is 14.0. The van der Waals surface area contributed by atoms with Gasteiger partial charge in [0.25, 0.3) is 0 Å². The largest absolute Gasteiger partial charge is 0.389 e. The molecule has 3 unspecified atom stereocenters. The van der Waals surface area contributed by atoms with E-state index in [1.807, 2.05) is 0 Å². The molecule has 0 saturated carbocycles. The van der Waals surface area contributed by atoms with E-state index >= 15 is 0 Å². The molecule has 1 heterocycles. The lowest BCUT2D eigenvalue weighted by molar-refractivity contribution is 0.0193. The summed E-state index contributed by atoms with van der Waals surface area (Å²) in [5, 5.41) is 13.2. The lowest BCUT2D eigenvalue weighted by Gasteiger charge is -2.17. The van der Waals surface area contributed by atoms with E-state index in [1.54, 1.807) is 0 Å². The highest BCUT2D eigenvalue weighted by molar-refractivity contribution is 4.67. The Hall–Kier alpha value is -0.160. The van der Waals surface area contributed by atoms with Crippen molar-refractivity contribution in [1.82, 2.24) is 5.32 Å². The number of hydrogen-bond donors (Lipinski definition) is 2. The van der Waals surface area contributed by atoms with Gasteiger partial charge in [-0.05, 0) is 37.6 Å². The van der Waals surface area contributed by atoms with Gasteiger partial charge >= 0.3 is 0 Å². The van der Waals surface area contributed by atoms with E-state index in [0.29, 0.717) is 25.0 Å². The fraction of sp³-hybridized carbons (Fsp3) is 1.00. The van der Waals surface area contributed by atoms with Gasteiger partial charge < -0.3 is 19.9 Å². The molecule has 0 aromatic carbocycles. The molecule has 0 amide bonds. The maximum atomic E-state index is 9.89. The molecule has 4 heteroatoms. The van der Waals surface area contributed by atoms with E-state index in [2.05, 4.69) is 19.2 Å². The van der Waals surface area contributed by atoms with Crippen LogP contribution in [0.5, 0.6) is 0 Å². The van der Waals surface area contributed by atoms with Crippen molar-refractivity contribution in [2.24, 2.45) is 11.8 Å². The molecule has 0 bridgehead atoms. The van der Waals surface area contributed by atoms with Crippen LogP contribution in [-0.2, 0) is 9.47 Å². The minimum Gasteiger partial charge on any atom is -0.389 e. The van der Waals surface area contributed by atoms with E-state index in [4.69, 9.17) is 9.47 Å². The van der Waals surface area contributed by atoms with Gasteiger partial charge in [-0.2, -0.15) is 0 Å². The quantitative estimate of drug-likeness (QED) is 0.513. The Labute approximate surface area is 130 Å². The third-order valence-corrected chi connectivity index (χ3v) is 4.34. The van der Waals surface area contributed by atoms with Gasteiger partial charge in [0.15, 0.2) is 0 Å². The highest BCUT2D eigenvalue weighted by Crippen LogP contribution is 2.15. The molecule has 126 valence electrons. The zero-order chi connectivity index (χ0) is 15.3. The number of hydrogen-bond acceptors (Lipinski definition) is 4. The van der Waals surface area contributed by atoms with E-state index in [0.717, 1.165) is 39.2 Å². The third-order valence-electron chi connectivity index (χ3n) is 4.34. The number of rotatable bonds is 13. The SMILES string of the molecule is CCCCC(CC)COCC(O)CNCCC1CCOC1. The first-order valence-corrected chi connectivity index (χ1v) is 8.80. The zero-order valence-corrected chi connectivity index (χ0v) is 14.0. The van der Waals surface area contributed by atoms with Crippen LogP contribution in [0.15, 0.2) is 0 Å². The molecule has 0 aromatic heterocycles. The summed E-state index contributed by atoms with van der Waals surface area (Å²) in [6.45, 7) is 9.07. The summed E-state index contributed by atoms with van der Waals surface area (Å²) in [7, 11) is 0. The molecule has 1 aliphatic heterocycles. The second-order valence-electron chi connectivity index (χ2n) is 6.33. The van der Waals surface area contributed by atoms with Crippen LogP contribution in [0.1, 0.15) is 52.4 Å². The summed E-state index contributed by atoms with van der Waals surface area (Å²) in [5.74, 6) is 1.35. The van der Waals surface area contributed by atoms with Crippen molar-refractivity contribution in [2.75, 3.05) is 39.5 Å². The summed E-state index contributed by atoms with van der Waals surface area (Å²) in [6, 6.07) is 0. The molecule has 1 saturated heterocycles. The molecular formula is C17H35NO3. The van der Waals surface area contributed by atoms with Gasteiger partial charge in [-0.15, -0.1) is 0 Å². The Bertz CT molecular complexity index is 232. The first-order valence-electron chi connectivity index (χ1n) is 8.80. The molecule has 1 fully saturated rings. The third kappa shape index (κ3) is 9.46. The fourth-order valence-electron chi connectivity index (χ4n) is 2.71. The van der Waals surface area contributed by atoms with Crippen LogP contribution >= 0.6 is 0 Å². The summed E-state index contributed by atoms with van der Waals surface area (Å²) in [4.78, 5) is 0. The number of ether oxygens (including phenoxy) is 2. The van der Waals surface area contributed by atoms with Gasteiger partial charge in [-0.3, -0.25) is 0 Å². The van der Waals surface area contributed by atoms with Crippen LogP contribution in [0.4, 0.5) is 0 Å². The Kier molecular flexibility index (Phi) is 11.1. The number of aliphatic hydroxyl groups is 1. The monoisotopic (exact) mass is 301 g/mol. The van der Waals surface area contributed by atoms with Crippen LogP contribution in [0.2, 0.25) is 0 Å². The van der Waals surface area contributed by atoms with E-state index in [1.165, 1.54) is 25.7 Å². The average molecular weight is 301 g/mol. The maximum absolute atomic E-state index is 9.89. The normalized spacial score (nSPS) is 21.6. The Morgan fingerprint density at radius 2 is 2.19 bits per heavy atom. The number of unbranched alkanes of at least 4 members (excludes halogenated alkanes) is 1. The minimum atomic E-state index is -0.395. The van der Waals surface area contributed by atoms with Gasteiger partial charge in [0, 0.05) is 26.4 Å². The Morgan fingerprint density at radius 3 is 2.86 bits per heavy atom. The van der Waals surface area contributed by atoms with Crippen molar-refractivity contribution in [3.05, 3.63) is 0 Å². The van der Waals surface area contributed by atoms with Gasteiger partial charge in [-0.1, -0.05) is 33.1 Å². The molecule has 3 atom stereocenters. The molecule has 2 N–H and O–H groups in total. The van der Waals surface area contributed by atoms with Crippen molar-refractivity contribution in [2.45, 2.75) is 58.5 Å². The minimum absolute atomic E-state index is 0.395. The first-order chi connectivity index (χ1) is 10.3. The van der Waals surface area contributed by atoms with Crippen LogP contribution in [0, 0.1) is 11.8 Å². The van der Waals surface area contributed by atoms with Crippen molar-refractivity contribution < 1.29 is 14.6 Å². The highest BCUT2D eigenvalue weighted by atomic mass is 16.5. The van der Waals surface area contributed by atoms with Crippen LogP contribution in [0.25, 0.3) is 0 Å². The average Bonchev–Trinajstić information content (AvgIpc) is 3.00. The summed E-state index contributed by atoms with van der Waals surface area (Å²) >= 11 is 0. The second-order valence-corrected chi connectivity index (χ2v) is 6.33. The number of nitrogens with one attached hydrogen (secondary N) is 1. The van der Waals surface area contributed by atoms with E-state index in [9.17, 15) is 5.11 Å². The molecule has 0 aliphatic carbocycles. The first kappa shape index (κ1) is 18.9. The maximum Gasteiger partial charge on any atom is 0.0897 e. The van der Waals surface area contributed by atoms with Gasteiger partial charge in [0.1, 0.15) is 0 Å². The predicted octanol–water partition coefficient (Wildman–Crippen LogP) is 2.60. The molecule has 21 heavy (non-hydrogen) atoms. The van der Waals surface area contributed by atoms with Crippen molar-refractivity contribution in [3.63, 3.8) is 0 Å². The van der Waals surface area contributed by atoms with Crippen LogP contribution in [-0.4, -0.2) is 50.7 Å². The number of aliphatic hydroxyl groups excluding tert-OH is 1. The van der Waals surface area contributed by atoms with Crippen molar-refractivity contribution in [1.29, 1.82) is 0 Å². The molecule has 1 rings (SSSR count). The molecule has 0 spiro atoms. The summed E-state index contributed by atoms with van der Waals surface area (Å²) < 4.78 is 11.0. The molecule has 1 aliphatic rings. The molecular weight excluding hydrogens is 266 g/mol. The van der Waals surface area contributed by atoms with E-state index in [-0.39, 0.29) is 0 Å². The topological polar surface area (TPSA) is 50.7 Å².